The second-order valence-electron chi connectivity index (χ2n) is 7.13. The Labute approximate surface area is 195 Å². The molecular formula is C22H20ClFN4O4S. The number of benzene rings is 2. The Bertz CT molecular complexity index is 1360. The summed E-state index contributed by atoms with van der Waals surface area (Å²) in [4.78, 5) is 28.6. The summed E-state index contributed by atoms with van der Waals surface area (Å²) in [7, 11) is -2.71. The normalized spacial score (nSPS) is 11.1. The molecule has 0 bridgehead atoms. The van der Waals surface area contributed by atoms with Crippen LogP contribution in [0.3, 0.4) is 0 Å². The van der Waals surface area contributed by atoms with Gasteiger partial charge in [-0.2, -0.15) is 0 Å². The zero-order valence-electron chi connectivity index (χ0n) is 17.9. The van der Waals surface area contributed by atoms with Gasteiger partial charge in [-0.25, -0.2) is 22.6 Å². The van der Waals surface area contributed by atoms with E-state index in [-0.39, 0.29) is 27.0 Å². The predicted octanol–water partition coefficient (Wildman–Crippen LogP) is 4.27. The molecule has 0 fully saturated rings. The minimum absolute atomic E-state index is 0.0214. The molecule has 1 heterocycles. The molecule has 0 aliphatic carbocycles. The van der Waals surface area contributed by atoms with Crippen molar-refractivity contribution in [2.45, 2.75) is 18.7 Å². The molecule has 172 valence electrons. The van der Waals surface area contributed by atoms with E-state index in [1.807, 2.05) is 6.92 Å². The number of carbonyl (C=O) groups excluding carboxylic acids is 2. The van der Waals surface area contributed by atoms with E-state index in [1.165, 1.54) is 31.3 Å². The summed E-state index contributed by atoms with van der Waals surface area (Å²) in [6, 6.07) is 8.64. The van der Waals surface area contributed by atoms with E-state index in [0.717, 1.165) is 29.5 Å². The Morgan fingerprint density at radius 3 is 2.42 bits per heavy atom. The Morgan fingerprint density at radius 1 is 1.03 bits per heavy atom. The van der Waals surface area contributed by atoms with E-state index >= 15 is 0 Å². The number of pyridine rings is 1. The SMILES string of the molecule is CNC(=O)Nc1ccc(F)c(C(=O)c2ncc(Cl)cc2NS(=O)(=O)c2ccc(C)c(C)c2)c1. The van der Waals surface area contributed by atoms with Gasteiger partial charge in [0.05, 0.1) is 21.2 Å². The number of hydrogen-bond donors (Lipinski definition) is 3. The number of rotatable bonds is 6. The maximum atomic E-state index is 14.5. The maximum absolute atomic E-state index is 14.5. The van der Waals surface area contributed by atoms with E-state index in [2.05, 4.69) is 20.3 Å². The number of sulfonamides is 1. The van der Waals surface area contributed by atoms with Crippen molar-refractivity contribution in [3.8, 4) is 0 Å². The van der Waals surface area contributed by atoms with Crippen LogP contribution in [0.5, 0.6) is 0 Å². The molecular weight excluding hydrogens is 471 g/mol. The fourth-order valence-electron chi connectivity index (χ4n) is 2.88. The van der Waals surface area contributed by atoms with Gasteiger partial charge in [-0.1, -0.05) is 17.7 Å². The highest BCUT2D eigenvalue weighted by Crippen LogP contribution is 2.27. The fraction of sp³-hybridized carbons (Fsp3) is 0.136. The zero-order valence-corrected chi connectivity index (χ0v) is 19.4. The third-order valence-electron chi connectivity index (χ3n) is 4.80. The molecule has 11 heteroatoms. The summed E-state index contributed by atoms with van der Waals surface area (Å²) in [5, 5.41) is 4.85. The van der Waals surface area contributed by atoms with Crippen molar-refractivity contribution in [3.05, 3.63) is 81.9 Å². The van der Waals surface area contributed by atoms with Gasteiger partial charge in [0.2, 0.25) is 5.78 Å². The van der Waals surface area contributed by atoms with Crippen LogP contribution in [0.2, 0.25) is 5.02 Å². The molecule has 0 aliphatic heterocycles. The van der Waals surface area contributed by atoms with Gasteiger partial charge in [-0.15, -0.1) is 0 Å². The lowest BCUT2D eigenvalue weighted by atomic mass is 10.1. The molecule has 0 unspecified atom stereocenters. The number of amides is 2. The number of ketones is 1. The molecule has 3 N–H and O–H groups in total. The number of carbonyl (C=O) groups is 2. The van der Waals surface area contributed by atoms with Crippen LogP contribution < -0.4 is 15.4 Å². The van der Waals surface area contributed by atoms with Crippen LogP contribution in [-0.2, 0) is 10.0 Å². The lowest BCUT2D eigenvalue weighted by Gasteiger charge is -2.13. The maximum Gasteiger partial charge on any atom is 0.318 e. The third-order valence-corrected chi connectivity index (χ3v) is 6.37. The van der Waals surface area contributed by atoms with Gasteiger partial charge in [0.15, 0.2) is 0 Å². The molecule has 0 saturated carbocycles. The number of nitrogens with one attached hydrogen (secondary N) is 3. The van der Waals surface area contributed by atoms with E-state index in [0.29, 0.717) is 0 Å². The largest absolute Gasteiger partial charge is 0.341 e. The molecule has 0 spiro atoms. The van der Waals surface area contributed by atoms with Crippen molar-refractivity contribution < 1.29 is 22.4 Å². The summed E-state index contributed by atoms with van der Waals surface area (Å²) in [6.07, 6.45) is 1.15. The predicted molar refractivity (Wildman–Crippen MR) is 124 cm³/mol. The molecule has 3 rings (SSSR count). The Morgan fingerprint density at radius 2 is 1.76 bits per heavy atom. The van der Waals surface area contributed by atoms with Crippen LogP contribution >= 0.6 is 11.6 Å². The van der Waals surface area contributed by atoms with Crippen molar-refractivity contribution in [1.29, 1.82) is 0 Å². The summed E-state index contributed by atoms with van der Waals surface area (Å²) in [5.74, 6) is -1.77. The van der Waals surface area contributed by atoms with Gasteiger partial charge in [-0.05, 0) is 61.4 Å². The Balaban J connectivity index is 2.02. The highest BCUT2D eigenvalue weighted by molar-refractivity contribution is 7.92. The molecule has 0 saturated heterocycles. The van der Waals surface area contributed by atoms with Crippen LogP contribution in [0.25, 0.3) is 0 Å². The average molecular weight is 491 g/mol. The van der Waals surface area contributed by atoms with Gasteiger partial charge >= 0.3 is 6.03 Å². The topological polar surface area (TPSA) is 117 Å². The smallest absolute Gasteiger partial charge is 0.318 e. The van der Waals surface area contributed by atoms with Crippen molar-refractivity contribution in [2.75, 3.05) is 17.1 Å². The van der Waals surface area contributed by atoms with E-state index < -0.39 is 33.2 Å². The molecule has 3 aromatic rings. The van der Waals surface area contributed by atoms with Crippen molar-refractivity contribution in [2.24, 2.45) is 0 Å². The number of hydrogen-bond acceptors (Lipinski definition) is 5. The van der Waals surface area contributed by atoms with Gasteiger partial charge in [0.1, 0.15) is 11.5 Å². The number of urea groups is 1. The highest BCUT2D eigenvalue weighted by Gasteiger charge is 2.24. The van der Waals surface area contributed by atoms with Gasteiger partial charge in [0, 0.05) is 18.9 Å². The standard InChI is InChI=1S/C22H20ClFN4O4S/c1-12-4-6-16(8-13(12)2)33(31,32)28-19-9-14(23)11-26-20(19)21(29)17-10-15(5-7-18(17)24)27-22(30)25-3/h4-11,28H,1-3H3,(H2,25,27,30). The molecule has 0 aliphatic rings. The molecule has 8 nitrogen and oxygen atoms in total. The second-order valence-corrected chi connectivity index (χ2v) is 9.25. The van der Waals surface area contributed by atoms with Crippen LogP contribution in [0.15, 0.2) is 53.6 Å². The summed E-state index contributed by atoms with van der Waals surface area (Å²) >= 11 is 5.98. The Hall–Kier alpha value is -3.50. The average Bonchev–Trinajstić information content (AvgIpc) is 2.76. The third kappa shape index (κ3) is 5.47. The second kappa shape index (κ2) is 9.55. The molecule has 2 amide bonds. The van der Waals surface area contributed by atoms with Crippen molar-refractivity contribution in [3.63, 3.8) is 0 Å². The van der Waals surface area contributed by atoms with Crippen LogP contribution in [-0.4, -0.2) is 32.3 Å². The minimum atomic E-state index is -4.11. The highest BCUT2D eigenvalue weighted by atomic mass is 35.5. The number of aryl methyl sites for hydroxylation is 2. The van der Waals surface area contributed by atoms with Crippen LogP contribution in [0.4, 0.5) is 20.6 Å². The molecule has 0 atom stereocenters. The van der Waals surface area contributed by atoms with Crippen molar-refractivity contribution >= 4 is 44.8 Å². The van der Waals surface area contributed by atoms with Crippen LogP contribution in [0.1, 0.15) is 27.2 Å². The van der Waals surface area contributed by atoms with Gasteiger partial charge in [0.25, 0.3) is 10.0 Å². The molecule has 1 aromatic heterocycles. The van der Waals surface area contributed by atoms with Gasteiger partial charge in [-0.3, -0.25) is 9.52 Å². The monoisotopic (exact) mass is 490 g/mol. The number of halogens is 2. The first-order valence-corrected chi connectivity index (χ1v) is 11.5. The van der Waals surface area contributed by atoms with Gasteiger partial charge < -0.3 is 10.6 Å². The summed E-state index contributed by atoms with van der Waals surface area (Å²) in [6.45, 7) is 3.62. The number of aromatic nitrogens is 1. The first-order chi connectivity index (χ1) is 15.5. The van der Waals surface area contributed by atoms with E-state index in [9.17, 15) is 22.4 Å². The lowest BCUT2D eigenvalue weighted by Crippen LogP contribution is -2.24. The zero-order chi connectivity index (χ0) is 24.3. The van der Waals surface area contributed by atoms with E-state index in [4.69, 9.17) is 11.6 Å². The first-order valence-electron chi connectivity index (χ1n) is 9.60. The lowest BCUT2D eigenvalue weighted by molar-refractivity contribution is 0.103. The quantitative estimate of drug-likeness (QED) is 0.446. The van der Waals surface area contributed by atoms with Crippen molar-refractivity contribution in [1.82, 2.24) is 10.3 Å². The molecule has 33 heavy (non-hydrogen) atoms. The van der Waals surface area contributed by atoms with E-state index in [1.54, 1.807) is 13.0 Å². The number of anilines is 2. The first kappa shape index (κ1) is 24.1. The minimum Gasteiger partial charge on any atom is -0.341 e. The number of nitrogens with zero attached hydrogens (tertiary/aromatic N) is 1. The Kier molecular flexibility index (Phi) is 6.99. The fourth-order valence-corrected chi connectivity index (χ4v) is 4.18. The summed E-state index contributed by atoms with van der Waals surface area (Å²) in [5.41, 5.74) is 0.851. The molecule has 0 radical (unpaired) electrons. The molecule has 2 aromatic carbocycles. The van der Waals surface area contributed by atoms with Crippen LogP contribution in [0, 0.1) is 19.7 Å². The summed E-state index contributed by atoms with van der Waals surface area (Å²) < 4.78 is 42.7.